The zero-order valence-electron chi connectivity index (χ0n) is 10.2. The molecule has 0 amide bonds. The molecule has 1 heterocycles. The molecule has 1 fully saturated rings. The number of nitrogens with two attached hydrogens (primary N) is 1. The highest BCUT2D eigenvalue weighted by atomic mass is 32.2. The predicted octanol–water partition coefficient (Wildman–Crippen LogP) is 2.67. The van der Waals surface area contributed by atoms with Gasteiger partial charge in [0.25, 0.3) is 0 Å². The second-order valence-corrected chi connectivity index (χ2v) is 5.72. The second-order valence-electron chi connectivity index (χ2n) is 4.64. The van der Waals surface area contributed by atoms with Crippen LogP contribution in [-0.2, 0) is 11.3 Å². The summed E-state index contributed by atoms with van der Waals surface area (Å²) in [4.78, 5) is 0. The molecule has 2 unspecified atom stereocenters. The molecule has 0 bridgehead atoms. The van der Waals surface area contributed by atoms with Gasteiger partial charge in [-0.2, -0.15) is 11.8 Å². The minimum Gasteiger partial charge on any atom is -0.377 e. The largest absolute Gasteiger partial charge is 0.377 e. The number of ether oxygens (including phenoxy) is 1. The summed E-state index contributed by atoms with van der Waals surface area (Å²) < 4.78 is 5.67. The van der Waals surface area contributed by atoms with Gasteiger partial charge in [0.15, 0.2) is 0 Å². The molecule has 1 aliphatic rings. The average molecular weight is 251 g/mol. The minimum atomic E-state index is 0.411. The predicted molar refractivity (Wildman–Crippen MR) is 74.1 cm³/mol. The van der Waals surface area contributed by atoms with Crippen molar-refractivity contribution in [1.82, 2.24) is 0 Å². The number of hydrogen-bond donors (Lipinski definition) is 1. The van der Waals surface area contributed by atoms with Gasteiger partial charge >= 0.3 is 0 Å². The maximum Gasteiger partial charge on any atom is 0.0716 e. The molecule has 17 heavy (non-hydrogen) atoms. The van der Waals surface area contributed by atoms with E-state index in [0.29, 0.717) is 12.0 Å². The lowest BCUT2D eigenvalue weighted by Gasteiger charge is -2.13. The molecule has 0 spiro atoms. The molecular formula is C14H21NOS. The van der Waals surface area contributed by atoms with Gasteiger partial charge in [-0.05, 0) is 30.1 Å². The van der Waals surface area contributed by atoms with Crippen LogP contribution in [0.4, 0.5) is 0 Å². The summed E-state index contributed by atoms with van der Waals surface area (Å²) in [6.07, 6.45) is 2.34. The Morgan fingerprint density at radius 2 is 2.06 bits per heavy atom. The van der Waals surface area contributed by atoms with Gasteiger partial charge < -0.3 is 10.5 Å². The van der Waals surface area contributed by atoms with Crippen molar-refractivity contribution in [3.63, 3.8) is 0 Å². The molecule has 0 saturated carbocycles. The molecular weight excluding hydrogens is 230 g/mol. The lowest BCUT2D eigenvalue weighted by Crippen LogP contribution is -2.28. The van der Waals surface area contributed by atoms with Crippen LogP contribution in [0.2, 0.25) is 0 Å². The lowest BCUT2D eigenvalue weighted by atomic mass is 9.99. The molecule has 1 aliphatic heterocycles. The van der Waals surface area contributed by atoms with Crippen LogP contribution in [0.15, 0.2) is 30.3 Å². The van der Waals surface area contributed by atoms with E-state index in [-0.39, 0.29) is 0 Å². The van der Waals surface area contributed by atoms with E-state index in [1.165, 1.54) is 17.7 Å². The Hall–Kier alpha value is -0.510. The number of rotatable bonds is 6. The first-order valence-corrected chi connectivity index (χ1v) is 7.47. The number of hydrogen-bond acceptors (Lipinski definition) is 3. The van der Waals surface area contributed by atoms with E-state index >= 15 is 0 Å². The standard InChI is InChI=1S/C14H21NOS/c15-14-11-17-10-13(14)7-4-8-16-9-12-5-2-1-3-6-12/h1-3,5-6,13-14H,4,7-11,15H2. The third-order valence-corrected chi connectivity index (χ3v) is 4.51. The topological polar surface area (TPSA) is 35.2 Å². The summed E-state index contributed by atoms with van der Waals surface area (Å²) >= 11 is 1.99. The summed E-state index contributed by atoms with van der Waals surface area (Å²) in [7, 11) is 0. The molecule has 0 aromatic heterocycles. The van der Waals surface area contributed by atoms with Crippen molar-refractivity contribution in [3.8, 4) is 0 Å². The van der Waals surface area contributed by atoms with Crippen LogP contribution >= 0.6 is 11.8 Å². The highest BCUT2D eigenvalue weighted by Gasteiger charge is 2.23. The van der Waals surface area contributed by atoms with Gasteiger partial charge in [0, 0.05) is 18.4 Å². The van der Waals surface area contributed by atoms with Gasteiger partial charge in [-0.1, -0.05) is 30.3 Å². The molecule has 0 radical (unpaired) electrons. The summed E-state index contributed by atoms with van der Waals surface area (Å²) in [5, 5.41) is 0. The molecule has 2 nitrogen and oxygen atoms in total. The van der Waals surface area contributed by atoms with Crippen molar-refractivity contribution in [2.24, 2.45) is 11.7 Å². The zero-order chi connectivity index (χ0) is 11.9. The smallest absolute Gasteiger partial charge is 0.0716 e. The number of benzene rings is 1. The van der Waals surface area contributed by atoms with Gasteiger partial charge in [-0.25, -0.2) is 0 Å². The molecule has 2 atom stereocenters. The molecule has 1 saturated heterocycles. The average Bonchev–Trinajstić information content (AvgIpc) is 2.76. The third-order valence-electron chi connectivity index (χ3n) is 3.22. The highest BCUT2D eigenvalue weighted by molar-refractivity contribution is 7.99. The van der Waals surface area contributed by atoms with Gasteiger partial charge in [0.05, 0.1) is 6.61 Å². The maximum atomic E-state index is 6.02. The maximum absolute atomic E-state index is 6.02. The molecule has 1 aromatic carbocycles. The van der Waals surface area contributed by atoms with Gasteiger partial charge in [0.1, 0.15) is 0 Å². The summed E-state index contributed by atoms with van der Waals surface area (Å²) in [5.41, 5.74) is 7.27. The zero-order valence-corrected chi connectivity index (χ0v) is 11.0. The molecule has 3 heteroatoms. The first-order valence-electron chi connectivity index (χ1n) is 6.31. The molecule has 0 aliphatic carbocycles. The Kier molecular flexibility index (Phi) is 5.36. The van der Waals surface area contributed by atoms with E-state index in [1.807, 2.05) is 30.0 Å². The highest BCUT2D eigenvalue weighted by Crippen LogP contribution is 2.26. The van der Waals surface area contributed by atoms with Crippen LogP contribution in [0.1, 0.15) is 18.4 Å². The van der Waals surface area contributed by atoms with E-state index in [2.05, 4.69) is 12.1 Å². The summed E-state index contributed by atoms with van der Waals surface area (Å²) in [5.74, 6) is 3.08. The Bertz CT molecular complexity index is 317. The Morgan fingerprint density at radius 3 is 2.76 bits per heavy atom. The van der Waals surface area contributed by atoms with Crippen LogP contribution < -0.4 is 5.73 Å². The van der Waals surface area contributed by atoms with Crippen molar-refractivity contribution in [3.05, 3.63) is 35.9 Å². The van der Waals surface area contributed by atoms with Crippen LogP contribution in [0.3, 0.4) is 0 Å². The van der Waals surface area contributed by atoms with E-state index in [1.54, 1.807) is 0 Å². The molecule has 94 valence electrons. The quantitative estimate of drug-likeness (QED) is 0.790. The second kappa shape index (κ2) is 7.04. The molecule has 2 rings (SSSR count). The Balaban J connectivity index is 1.55. The Morgan fingerprint density at radius 1 is 1.24 bits per heavy atom. The minimum absolute atomic E-state index is 0.411. The van der Waals surface area contributed by atoms with Crippen LogP contribution in [0.25, 0.3) is 0 Å². The van der Waals surface area contributed by atoms with Gasteiger partial charge in [-0.15, -0.1) is 0 Å². The van der Waals surface area contributed by atoms with Crippen LogP contribution in [0, 0.1) is 5.92 Å². The first kappa shape index (κ1) is 12.9. The number of thioether (sulfide) groups is 1. The van der Waals surface area contributed by atoms with Crippen LogP contribution in [0.5, 0.6) is 0 Å². The van der Waals surface area contributed by atoms with Gasteiger partial charge in [-0.3, -0.25) is 0 Å². The lowest BCUT2D eigenvalue weighted by molar-refractivity contribution is 0.114. The summed E-state index contributed by atoms with van der Waals surface area (Å²) in [6.45, 7) is 1.58. The normalized spacial score (nSPS) is 24.1. The molecule has 1 aromatic rings. The van der Waals surface area contributed by atoms with E-state index in [4.69, 9.17) is 10.5 Å². The van der Waals surface area contributed by atoms with Crippen LogP contribution in [-0.4, -0.2) is 24.2 Å². The van der Waals surface area contributed by atoms with E-state index in [9.17, 15) is 0 Å². The van der Waals surface area contributed by atoms with Crippen molar-refractivity contribution in [2.45, 2.75) is 25.5 Å². The SMILES string of the molecule is NC1CSCC1CCCOCc1ccccc1. The monoisotopic (exact) mass is 251 g/mol. The van der Waals surface area contributed by atoms with E-state index in [0.717, 1.165) is 25.4 Å². The fourth-order valence-electron chi connectivity index (χ4n) is 2.12. The van der Waals surface area contributed by atoms with E-state index < -0.39 is 0 Å². The van der Waals surface area contributed by atoms with Crippen molar-refractivity contribution in [1.29, 1.82) is 0 Å². The fourth-order valence-corrected chi connectivity index (χ4v) is 3.52. The fraction of sp³-hybridized carbons (Fsp3) is 0.571. The van der Waals surface area contributed by atoms with Crippen molar-refractivity contribution < 1.29 is 4.74 Å². The Labute approximate surface area is 108 Å². The third kappa shape index (κ3) is 4.34. The first-order chi connectivity index (χ1) is 8.36. The summed E-state index contributed by atoms with van der Waals surface area (Å²) in [6, 6.07) is 10.7. The van der Waals surface area contributed by atoms with Gasteiger partial charge in [0.2, 0.25) is 0 Å². The van der Waals surface area contributed by atoms with Crippen molar-refractivity contribution >= 4 is 11.8 Å². The molecule has 2 N–H and O–H groups in total. The van der Waals surface area contributed by atoms with Crippen molar-refractivity contribution in [2.75, 3.05) is 18.1 Å².